The molecular formula is C24H31N5O6. The first-order chi connectivity index (χ1) is 16.5. The van der Waals surface area contributed by atoms with Crippen molar-refractivity contribution in [2.45, 2.75) is 45.3 Å². The Hall–Kier alpha value is -3.47. The lowest BCUT2D eigenvalue weighted by molar-refractivity contribution is -0.136. The van der Waals surface area contributed by atoms with Gasteiger partial charge in [-0.15, -0.1) is 0 Å². The van der Waals surface area contributed by atoms with Crippen LogP contribution in [0.15, 0.2) is 18.2 Å². The minimum atomic E-state index is -0.971. The molecule has 0 aromatic heterocycles. The van der Waals surface area contributed by atoms with Gasteiger partial charge >= 0.3 is 6.09 Å². The second-order valence-corrected chi connectivity index (χ2v) is 9.93. The summed E-state index contributed by atoms with van der Waals surface area (Å²) < 4.78 is 5.24. The number of amides is 5. The molecule has 2 N–H and O–H groups in total. The predicted molar refractivity (Wildman–Crippen MR) is 126 cm³/mol. The van der Waals surface area contributed by atoms with Gasteiger partial charge in [0.25, 0.3) is 11.8 Å². The van der Waals surface area contributed by atoms with Crippen molar-refractivity contribution < 1.29 is 28.7 Å². The molecule has 0 saturated carbocycles. The van der Waals surface area contributed by atoms with E-state index in [0.717, 1.165) is 36.8 Å². The smallest absolute Gasteiger partial charge is 0.407 e. The number of imide groups is 2. The number of piperazine rings is 1. The van der Waals surface area contributed by atoms with Crippen molar-refractivity contribution in [3.05, 3.63) is 29.3 Å². The molecule has 2 fully saturated rings. The molecule has 188 valence electrons. The second kappa shape index (κ2) is 9.65. The molecule has 0 spiro atoms. The number of anilines is 1. The zero-order valence-corrected chi connectivity index (χ0v) is 20.3. The summed E-state index contributed by atoms with van der Waals surface area (Å²) >= 11 is 0. The number of alkyl carbamates (subject to hydrolysis) is 1. The highest BCUT2D eigenvalue weighted by molar-refractivity contribution is 6.23. The van der Waals surface area contributed by atoms with E-state index in [2.05, 4.69) is 20.4 Å². The normalized spacial score (nSPS) is 21.2. The van der Waals surface area contributed by atoms with Crippen molar-refractivity contribution >= 4 is 35.4 Å². The van der Waals surface area contributed by atoms with Crippen molar-refractivity contribution in [3.8, 4) is 0 Å². The van der Waals surface area contributed by atoms with Crippen LogP contribution in [0.25, 0.3) is 0 Å². The van der Waals surface area contributed by atoms with Crippen LogP contribution in [0.4, 0.5) is 10.5 Å². The SMILES string of the molecule is CC(C)(C)OC(=O)NCCN1CCN(c2ccc3c(c2)C(=O)N(C2CCC(=O)NC2=O)C3=O)CC1. The quantitative estimate of drug-likeness (QED) is 0.585. The molecule has 2 saturated heterocycles. The number of nitrogens with one attached hydrogen (secondary N) is 2. The number of ether oxygens (including phenoxy) is 1. The average molecular weight is 486 g/mol. The number of carbonyl (C=O) groups excluding carboxylic acids is 5. The topological polar surface area (TPSA) is 128 Å². The lowest BCUT2D eigenvalue weighted by Crippen LogP contribution is -2.54. The van der Waals surface area contributed by atoms with Crippen molar-refractivity contribution in [1.29, 1.82) is 0 Å². The zero-order valence-electron chi connectivity index (χ0n) is 20.3. The number of rotatable bonds is 5. The lowest BCUT2D eigenvalue weighted by Gasteiger charge is -2.36. The minimum Gasteiger partial charge on any atom is -0.444 e. The molecule has 1 aromatic rings. The lowest BCUT2D eigenvalue weighted by atomic mass is 10.0. The molecule has 0 radical (unpaired) electrons. The van der Waals surface area contributed by atoms with Crippen LogP contribution in [0, 0.1) is 0 Å². The Kier molecular flexibility index (Phi) is 6.79. The van der Waals surface area contributed by atoms with Crippen molar-refractivity contribution in [1.82, 2.24) is 20.4 Å². The van der Waals surface area contributed by atoms with Gasteiger partial charge in [0, 0.05) is 51.4 Å². The standard InChI is InChI=1S/C24H31N5O6/c1-24(2,3)35-23(34)25-8-9-27-10-12-28(13-11-27)15-4-5-16-17(14-15)22(33)29(21(16)32)18-6-7-19(30)26-20(18)31/h4-5,14,18H,6-13H2,1-3H3,(H,25,34)(H,26,30,31). The van der Waals surface area contributed by atoms with Gasteiger partial charge < -0.3 is 15.0 Å². The largest absolute Gasteiger partial charge is 0.444 e. The fourth-order valence-corrected chi connectivity index (χ4v) is 4.52. The number of hydrogen-bond donors (Lipinski definition) is 2. The van der Waals surface area contributed by atoms with Gasteiger partial charge in [0.15, 0.2) is 0 Å². The molecule has 3 aliphatic heterocycles. The monoisotopic (exact) mass is 485 g/mol. The van der Waals surface area contributed by atoms with E-state index < -0.39 is 41.4 Å². The van der Waals surface area contributed by atoms with Gasteiger partial charge in [-0.2, -0.15) is 0 Å². The van der Waals surface area contributed by atoms with Crippen LogP contribution in [-0.2, 0) is 14.3 Å². The molecule has 3 heterocycles. The third kappa shape index (κ3) is 5.45. The highest BCUT2D eigenvalue weighted by Gasteiger charge is 2.44. The van der Waals surface area contributed by atoms with E-state index in [4.69, 9.17) is 4.74 Å². The summed E-state index contributed by atoms with van der Waals surface area (Å²) in [6.45, 7) is 9.66. The maximum absolute atomic E-state index is 13.0. The molecule has 1 unspecified atom stereocenters. The van der Waals surface area contributed by atoms with Gasteiger partial charge in [-0.05, 0) is 45.4 Å². The molecule has 0 aliphatic carbocycles. The Morgan fingerprint density at radius 3 is 2.40 bits per heavy atom. The molecular weight excluding hydrogens is 454 g/mol. The fourth-order valence-electron chi connectivity index (χ4n) is 4.52. The van der Waals surface area contributed by atoms with Crippen LogP contribution in [0.2, 0.25) is 0 Å². The number of piperidine rings is 1. The predicted octanol–water partition coefficient (Wildman–Crippen LogP) is 0.735. The maximum atomic E-state index is 13.0. The number of carbonyl (C=O) groups is 5. The van der Waals surface area contributed by atoms with E-state index in [1.165, 1.54) is 0 Å². The first-order valence-electron chi connectivity index (χ1n) is 11.8. The Morgan fingerprint density at radius 2 is 1.74 bits per heavy atom. The molecule has 35 heavy (non-hydrogen) atoms. The summed E-state index contributed by atoms with van der Waals surface area (Å²) in [6.07, 6.45) is -0.208. The van der Waals surface area contributed by atoms with E-state index in [1.807, 2.05) is 26.8 Å². The molecule has 4 rings (SSSR count). The van der Waals surface area contributed by atoms with Gasteiger partial charge in [0.05, 0.1) is 11.1 Å². The van der Waals surface area contributed by atoms with Crippen LogP contribution < -0.4 is 15.5 Å². The number of benzene rings is 1. The first-order valence-corrected chi connectivity index (χ1v) is 11.8. The molecule has 11 heteroatoms. The molecule has 5 amide bonds. The summed E-state index contributed by atoms with van der Waals surface area (Å²) in [5.74, 6) is -2.03. The van der Waals surface area contributed by atoms with E-state index in [-0.39, 0.29) is 24.0 Å². The molecule has 11 nitrogen and oxygen atoms in total. The zero-order chi connectivity index (χ0) is 25.3. The van der Waals surface area contributed by atoms with Crippen molar-refractivity contribution in [2.75, 3.05) is 44.2 Å². The van der Waals surface area contributed by atoms with Crippen LogP contribution in [0.5, 0.6) is 0 Å². The summed E-state index contributed by atoms with van der Waals surface area (Å²) in [5, 5.41) is 4.97. The van der Waals surface area contributed by atoms with Gasteiger partial charge in [0.1, 0.15) is 11.6 Å². The number of hydrogen-bond acceptors (Lipinski definition) is 8. The highest BCUT2D eigenvalue weighted by Crippen LogP contribution is 2.31. The average Bonchev–Trinajstić information content (AvgIpc) is 3.03. The van der Waals surface area contributed by atoms with Gasteiger partial charge in [-0.25, -0.2) is 4.79 Å². The summed E-state index contributed by atoms with van der Waals surface area (Å²) in [5.41, 5.74) is 0.856. The van der Waals surface area contributed by atoms with E-state index in [9.17, 15) is 24.0 Å². The Labute approximate surface area is 203 Å². The van der Waals surface area contributed by atoms with Crippen LogP contribution >= 0.6 is 0 Å². The highest BCUT2D eigenvalue weighted by atomic mass is 16.6. The maximum Gasteiger partial charge on any atom is 0.407 e. The van der Waals surface area contributed by atoms with Crippen LogP contribution in [-0.4, -0.2) is 90.4 Å². The Morgan fingerprint density at radius 1 is 1.06 bits per heavy atom. The van der Waals surface area contributed by atoms with Crippen molar-refractivity contribution in [2.24, 2.45) is 0 Å². The number of nitrogens with zero attached hydrogens (tertiary/aromatic N) is 3. The summed E-state index contributed by atoms with van der Waals surface area (Å²) in [7, 11) is 0. The second-order valence-electron chi connectivity index (χ2n) is 9.93. The Balaban J connectivity index is 1.33. The van der Waals surface area contributed by atoms with Gasteiger partial charge in [-0.1, -0.05) is 0 Å². The van der Waals surface area contributed by atoms with Crippen LogP contribution in [0.1, 0.15) is 54.3 Å². The number of fused-ring (bicyclic) bond motifs is 1. The fraction of sp³-hybridized carbons (Fsp3) is 0.542. The Bertz CT molecular complexity index is 1060. The van der Waals surface area contributed by atoms with E-state index in [0.29, 0.717) is 13.1 Å². The van der Waals surface area contributed by atoms with Crippen molar-refractivity contribution in [3.63, 3.8) is 0 Å². The molecule has 1 atom stereocenters. The summed E-state index contributed by atoms with van der Waals surface area (Å²) in [4.78, 5) is 66.7. The van der Waals surface area contributed by atoms with E-state index >= 15 is 0 Å². The third-order valence-corrected chi connectivity index (χ3v) is 6.26. The molecule has 3 aliphatic rings. The molecule has 0 bridgehead atoms. The van der Waals surface area contributed by atoms with Gasteiger partial charge in [0.2, 0.25) is 11.8 Å². The van der Waals surface area contributed by atoms with Gasteiger partial charge in [-0.3, -0.25) is 34.3 Å². The van der Waals surface area contributed by atoms with Crippen LogP contribution in [0.3, 0.4) is 0 Å². The van der Waals surface area contributed by atoms with E-state index in [1.54, 1.807) is 12.1 Å². The minimum absolute atomic E-state index is 0.0899. The molecule has 1 aromatic carbocycles. The summed E-state index contributed by atoms with van der Waals surface area (Å²) in [6, 6.07) is 4.19. The third-order valence-electron chi connectivity index (χ3n) is 6.26. The first kappa shape index (κ1) is 24.6.